The van der Waals surface area contributed by atoms with Gasteiger partial charge in [0.05, 0.1) is 11.6 Å². The smallest absolute Gasteiger partial charge is 0.365 e. The van der Waals surface area contributed by atoms with Gasteiger partial charge >= 0.3 is 5.82 Å². The SMILES string of the molecule is Cc1n(CCO)c([N+](=O)[O-])c[n+]1CC(=O)c1ccc(Cl)cc1Cl. The summed E-state index contributed by atoms with van der Waals surface area (Å²) >= 11 is 11.8. The Morgan fingerprint density at radius 2 is 2.13 bits per heavy atom. The molecule has 0 aliphatic rings. The topological polar surface area (TPSA) is 89.2 Å². The maximum atomic E-state index is 12.4. The van der Waals surface area contributed by atoms with Gasteiger partial charge in [-0.1, -0.05) is 23.2 Å². The van der Waals surface area contributed by atoms with Gasteiger partial charge in [0.25, 0.3) is 5.82 Å². The van der Waals surface area contributed by atoms with Crippen molar-refractivity contribution in [2.75, 3.05) is 6.61 Å². The summed E-state index contributed by atoms with van der Waals surface area (Å²) in [5.41, 5.74) is 0.292. The second kappa shape index (κ2) is 7.08. The number of aliphatic hydroxyl groups excluding tert-OH is 1. The van der Waals surface area contributed by atoms with E-state index in [0.29, 0.717) is 16.4 Å². The number of imidazole rings is 1. The fourth-order valence-corrected chi connectivity index (χ4v) is 2.77. The highest BCUT2D eigenvalue weighted by Crippen LogP contribution is 2.21. The molecule has 0 saturated carbocycles. The standard InChI is InChI=1S/C14H14Cl2N3O4/c1-9-17(8-14(19(22)23)18(9)4-5-20)7-13(21)11-3-2-10(15)6-12(11)16/h2-3,6,8,20H,4-5,7H2,1H3/q+1. The Hall–Kier alpha value is -1.96. The summed E-state index contributed by atoms with van der Waals surface area (Å²) in [7, 11) is 0. The summed E-state index contributed by atoms with van der Waals surface area (Å²) < 4.78 is 2.80. The molecule has 0 fully saturated rings. The lowest BCUT2D eigenvalue weighted by molar-refractivity contribution is -0.689. The molecule has 1 heterocycles. The number of aliphatic hydroxyl groups is 1. The zero-order valence-electron chi connectivity index (χ0n) is 12.2. The molecule has 9 heteroatoms. The molecule has 0 saturated heterocycles. The van der Waals surface area contributed by atoms with Crippen LogP contribution in [0.4, 0.5) is 5.82 Å². The first-order valence-electron chi connectivity index (χ1n) is 6.68. The van der Waals surface area contributed by atoms with E-state index in [-0.39, 0.29) is 36.3 Å². The Bertz CT molecular complexity index is 774. The van der Waals surface area contributed by atoms with Crippen LogP contribution in [0.3, 0.4) is 0 Å². The molecule has 122 valence electrons. The first-order chi connectivity index (χ1) is 10.8. The van der Waals surface area contributed by atoms with Gasteiger partial charge in [0.1, 0.15) is 6.54 Å². The van der Waals surface area contributed by atoms with Crippen LogP contribution in [0, 0.1) is 17.0 Å². The van der Waals surface area contributed by atoms with Crippen molar-refractivity contribution in [2.24, 2.45) is 0 Å². The van der Waals surface area contributed by atoms with Crippen LogP contribution in [0.15, 0.2) is 24.4 Å². The largest absolute Gasteiger partial charge is 0.392 e. The van der Waals surface area contributed by atoms with E-state index in [9.17, 15) is 14.9 Å². The lowest BCUT2D eigenvalue weighted by Gasteiger charge is -2.03. The maximum absolute atomic E-state index is 12.4. The highest BCUT2D eigenvalue weighted by molar-refractivity contribution is 6.36. The Morgan fingerprint density at radius 3 is 2.70 bits per heavy atom. The molecule has 1 aromatic carbocycles. The van der Waals surface area contributed by atoms with E-state index in [4.69, 9.17) is 28.3 Å². The molecule has 0 amide bonds. The highest BCUT2D eigenvalue weighted by Gasteiger charge is 2.26. The lowest BCUT2D eigenvalue weighted by Crippen LogP contribution is -2.39. The maximum Gasteiger partial charge on any atom is 0.365 e. The van der Waals surface area contributed by atoms with Crippen molar-refractivity contribution in [3.05, 3.63) is 55.9 Å². The van der Waals surface area contributed by atoms with E-state index in [1.807, 2.05) is 0 Å². The fraction of sp³-hybridized carbons (Fsp3) is 0.286. The molecular weight excluding hydrogens is 345 g/mol. The third-order valence-corrected chi connectivity index (χ3v) is 3.96. The van der Waals surface area contributed by atoms with Crippen LogP contribution in [0.25, 0.3) is 0 Å². The third-order valence-electron chi connectivity index (χ3n) is 3.41. The van der Waals surface area contributed by atoms with Gasteiger partial charge in [0, 0.05) is 17.5 Å². The summed E-state index contributed by atoms with van der Waals surface area (Å²) in [6.07, 6.45) is 1.27. The van der Waals surface area contributed by atoms with Crippen LogP contribution >= 0.6 is 23.2 Å². The number of carbonyl (C=O) groups excluding carboxylic acids is 1. The first-order valence-corrected chi connectivity index (χ1v) is 7.43. The summed E-state index contributed by atoms with van der Waals surface area (Å²) in [6.45, 7) is 1.37. The average molecular weight is 359 g/mol. The van der Waals surface area contributed by atoms with Crippen LogP contribution in [0.5, 0.6) is 0 Å². The Balaban J connectivity index is 2.34. The highest BCUT2D eigenvalue weighted by atomic mass is 35.5. The van der Waals surface area contributed by atoms with Gasteiger partial charge in [-0.15, -0.1) is 0 Å². The number of rotatable bonds is 6. The van der Waals surface area contributed by atoms with E-state index in [2.05, 4.69) is 0 Å². The molecule has 7 nitrogen and oxygen atoms in total. The molecular formula is C14H14Cl2N3O4+. The summed E-state index contributed by atoms with van der Waals surface area (Å²) in [6, 6.07) is 4.53. The van der Waals surface area contributed by atoms with Crippen molar-refractivity contribution in [1.29, 1.82) is 0 Å². The summed E-state index contributed by atoms with van der Waals surface area (Å²) in [4.78, 5) is 22.9. The molecule has 0 spiro atoms. The number of hydrogen-bond acceptors (Lipinski definition) is 4. The van der Waals surface area contributed by atoms with Crippen LogP contribution in [-0.4, -0.2) is 27.0 Å². The number of halogens is 2. The predicted molar refractivity (Wildman–Crippen MR) is 83.9 cm³/mol. The molecule has 2 rings (SSSR count). The molecule has 23 heavy (non-hydrogen) atoms. The van der Waals surface area contributed by atoms with Crippen LogP contribution in [-0.2, 0) is 13.1 Å². The Kier molecular flexibility index (Phi) is 5.35. The van der Waals surface area contributed by atoms with Crippen LogP contribution < -0.4 is 4.57 Å². The third kappa shape index (κ3) is 3.69. The average Bonchev–Trinajstić information content (AvgIpc) is 2.77. The number of hydrogen-bond donors (Lipinski definition) is 1. The Morgan fingerprint density at radius 1 is 1.43 bits per heavy atom. The zero-order valence-corrected chi connectivity index (χ0v) is 13.7. The number of nitrogens with zero attached hydrogens (tertiary/aromatic N) is 3. The molecule has 0 unspecified atom stereocenters. The predicted octanol–water partition coefficient (Wildman–Crippen LogP) is 2.17. The molecule has 0 atom stereocenters. The Labute approximate surface area is 141 Å². The van der Waals surface area contributed by atoms with Crippen molar-refractivity contribution in [2.45, 2.75) is 20.0 Å². The van der Waals surface area contributed by atoms with E-state index in [1.165, 1.54) is 27.5 Å². The number of benzene rings is 1. The minimum Gasteiger partial charge on any atom is -0.392 e. The molecule has 0 radical (unpaired) electrons. The van der Waals surface area contributed by atoms with Crippen molar-refractivity contribution >= 4 is 34.8 Å². The van der Waals surface area contributed by atoms with Gasteiger partial charge in [-0.25, -0.2) is 4.57 Å². The number of aromatic nitrogens is 2. The zero-order chi connectivity index (χ0) is 17.1. The fourth-order valence-electron chi connectivity index (χ4n) is 2.26. The minimum absolute atomic E-state index is 0.0744. The van der Waals surface area contributed by atoms with Gasteiger partial charge < -0.3 is 15.2 Å². The summed E-state index contributed by atoms with van der Waals surface area (Å²) in [5, 5.41) is 20.8. The molecule has 0 aliphatic heterocycles. The van der Waals surface area contributed by atoms with Gasteiger partial charge in [-0.3, -0.25) is 4.79 Å². The van der Waals surface area contributed by atoms with E-state index in [1.54, 1.807) is 13.0 Å². The van der Waals surface area contributed by atoms with Gasteiger partial charge in [0.2, 0.25) is 5.78 Å². The molecule has 1 N–H and O–H groups in total. The number of Topliss-reactive ketones (excluding diaryl/α,β-unsaturated/α-hetero) is 1. The quantitative estimate of drug-likeness (QED) is 0.371. The molecule has 2 aromatic rings. The second-order valence-corrected chi connectivity index (χ2v) is 5.69. The normalized spacial score (nSPS) is 10.8. The number of carbonyl (C=O) groups is 1. The number of ketones is 1. The monoisotopic (exact) mass is 358 g/mol. The second-order valence-electron chi connectivity index (χ2n) is 4.84. The molecule has 0 aliphatic carbocycles. The van der Waals surface area contributed by atoms with Gasteiger partial charge in [-0.05, 0) is 23.1 Å². The lowest BCUT2D eigenvalue weighted by atomic mass is 10.1. The van der Waals surface area contributed by atoms with E-state index >= 15 is 0 Å². The van der Waals surface area contributed by atoms with Crippen molar-refractivity contribution in [1.82, 2.24) is 4.57 Å². The molecule has 0 bridgehead atoms. The van der Waals surface area contributed by atoms with Crippen molar-refractivity contribution < 1.29 is 19.4 Å². The van der Waals surface area contributed by atoms with Crippen molar-refractivity contribution in [3.63, 3.8) is 0 Å². The van der Waals surface area contributed by atoms with Crippen LogP contribution in [0.2, 0.25) is 10.0 Å². The van der Waals surface area contributed by atoms with E-state index in [0.717, 1.165) is 0 Å². The van der Waals surface area contributed by atoms with Crippen molar-refractivity contribution in [3.8, 4) is 0 Å². The van der Waals surface area contributed by atoms with Gasteiger partial charge in [-0.2, -0.15) is 4.57 Å². The first kappa shape index (κ1) is 17.4. The van der Waals surface area contributed by atoms with Gasteiger partial charge in [0.15, 0.2) is 12.7 Å². The number of nitro groups is 1. The summed E-state index contributed by atoms with van der Waals surface area (Å²) in [5.74, 6) is 0.00607. The van der Waals surface area contributed by atoms with Crippen LogP contribution in [0.1, 0.15) is 16.2 Å². The minimum atomic E-state index is -0.557. The van der Waals surface area contributed by atoms with E-state index < -0.39 is 4.92 Å². The molecule has 1 aromatic heterocycles.